The van der Waals surface area contributed by atoms with Gasteiger partial charge in [-0.15, -0.1) is 11.3 Å². The van der Waals surface area contributed by atoms with Gasteiger partial charge < -0.3 is 15.6 Å². The number of nitrogens with zero attached hydrogens (tertiary/aromatic N) is 1. The maximum atomic E-state index is 15.0. The van der Waals surface area contributed by atoms with E-state index in [0.29, 0.717) is 10.1 Å². The Kier molecular flexibility index (Phi) is 5.44. The number of sulfonamides is 1. The third-order valence-electron chi connectivity index (χ3n) is 5.49. The fourth-order valence-corrected chi connectivity index (χ4v) is 6.07. The van der Waals surface area contributed by atoms with Gasteiger partial charge in [-0.25, -0.2) is 31.7 Å². The van der Waals surface area contributed by atoms with E-state index in [9.17, 15) is 27.2 Å². The van der Waals surface area contributed by atoms with E-state index in [1.54, 1.807) is 25.1 Å². The summed E-state index contributed by atoms with van der Waals surface area (Å²) in [6.07, 6.45) is 0.725. The summed E-state index contributed by atoms with van der Waals surface area (Å²) in [5.41, 5.74) is 0.193. The highest BCUT2D eigenvalue weighted by Crippen LogP contribution is 2.26. The van der Waals surface area contributed by atoms with Crippen LogP contribution in [0.15, 0.2) is 56.3 Å². The molecule has 35 heavy (non-hydrogen) atoms. The van der Waals surface area contributed by atoms with Crippen molar-refractivity contribution in [1.29, 1.82) is 0 Å². The molecule has 13 heteroatoms. The Balaban J connectivity index is 1.43. The Bertz CT molecular complexity index is 1740. The lowest BCUT2D eigenvalue weighted by atomic mass is 10.1. The van der Waals surface area contributed by atoms with Crippen LogP contribution in [0.4, 0.5) is 20.6 Å². The van der Waals surface area contributed by atoms with Crippen LogP contribution >= 0.6 is 11.3 Å². The lowest BCUT2D eigenvalue weighted by Crippen LogP contribution is -2.35. The predicted octanol–water partition coefficient (Wildman–Crippen LogP) is 2.67. The maximum absolute atomic E-state index is 15.0. The second kappa shape index (κ2) is 8.36. The zero-order chi connectivity index (χ0) is 24.9. The number of aryl methyl sites for hydroxylation is 1. The molecule has 0 atom stereocenters. The molecule has 0 unspecified atom stereocenters. The normalized spacial score (nSPS) is 12.9. The van der Waals surface area contributed by atoms with E-state index in [1.165, 1.54) is 12.1 Å². The molecule has 0 radical (unpaired) electrons. The molecular weight excluding hydrogens is 497 g/mol. The van der Waals surface area contributed by atoms with Gasteiger partial charge in [0.25, 0.3) is 15.6 Å². The van der Waals surface area contributed by atoms with Gasteiger partial charge in [0.15, 0.2) is 0 Å². The molecule has 0 aliphatic carbocycles. The number of urea groups is 1. The van der Waals surface area contributed by atoms with Crippen LogP contribution in [0.5, 0.6) is 0 Å². The lowest BCUT2D eigenvalue weighted by Gasteiger charge is -2.11. The number of aromatic amines is 1. The van der Waals surface area contributed by atoms with Crippen molar-refractivity contribution in [2.24, 2.45) is 0 Å². The molecule has 0 saturated heterocycles. The van der Waals surface area contributed by atoms with Gasteiger partial charge in [0, 0.05) is 22.8 Å². The Hall–Kier alpha value is -3.97. The molecule has 2 aromatic heterocycles. The van der Waals surface area contributed by atoms with Crippen LogP contribution in [-0.2, 0) is 16.4 Å². The molecule has 3 heterocycles. The average Bonchev–Trinajstić information content (AvgIpc) is 3.42. The van der Waals surface area contributed by atoms with Crippen LogP contribution < -0.4 is 26.6 Å². The van der Waals surface area contributed by atoms with Gasteiger partial charge in [-0.2, -0.15) is 0 Å². The van der Waals surface area contributed by atoms with Gasteiger partial charge in [-0.1, -0.05) is 0 Å². The number of aromatic nitrogens is 2. The van der Waals surface area contributed by atoms with E-state index in [2.05, 4.69) is 15.6 Å². The van der Waals surface area contributed by atoms with Crippen molar-refractivity contribution in [2.75, 3.05) is 17.2 Å². The van der Waals surface area contributed by atoms with Crippen molar-refractivity contribution in [1.82, 2.24) is 14.3 Å². The highest BCUT2D eigenvalue weighted by atomic mass is 32.2. The minimum Gasteiger partial charge on any atom is -0.384 e. The van der Waals surface area contributed by atoms with Gasteiger partial charge in [0.2, 0.25) is 0 Å². The molecule has 4 N–H and O–H groups in total. The number of nitrogens with one attached hydrogen (secondary N) is 4. The van der Waals surface area contributed by atoms with Gasteiger partial charge in [-0.05, 0) is 61.4 Å². The van der Waals surface area contributed by atoms with E-state index in [4.69, 9.17) is 0 Å². The largest absolute Gasteiger partial charge is 0.384 e. The minimum atomic E-state index is -4.09. The monoisotopic (exact) mass is 515 g/mol. The molecule has 2 aromatic carbocycles. The number of rotatable bonds is 4. The van der Waals surface area contributed by atoms with E-state index < -0.39 is 33.1 Å². The molecule has 5 rings (SSSR count). The Labute approximate surface area is 201 Å². The first-order chi connectivity index (χ1) is 16.6. The summed E-state index contributed by atoms with van der Waals surface area (Å²) in [6.45, 7) is 2.44. The second-order valence-electron chi connectivity index (χ2n) is 7.89. The fourth-order valence-electron chi connectivity index (χ4n) is 3.88. The highest BCUT2D eigenvalue weighted by molar-refractivity contribution is 7.92. The smallest absolute Gasteiger partial charge is 0.333 e. The van der Waals surface area contributed by atoms with Crippen molar-refractivity contribution in [2.45, 2.75) is 17.6 Å². The minimum absolute atomic E-state index is 0.0389. The first-order valence-electron chi connectivity index (χ1n) is 10.4. The van der Waals surface area contributed by atoms with E-state index in [1.807, 2.05) is 4.72 Å². The Morgan fingerprint density at radius 3 is 2.66 bits per heavy atom. The van der Waals surface area contributed by atoms with Gasteiger partial charge in [0.05, 0.1) is 16.6 Å². The number of halogens is 1. The molecule has 180 valence electrons. The lowest BCUT2D eigenvalue weighted by molar-refractivity contribution is 0.256. The number of amides is 2. The molecule has 0 saturated carbocycles. The third-order valence-corrected chi connectivity index (χ3v) is 8.31. The standard InChI is InChI=1S/C22H18FN5O5S2/c1-11-2-5-19(34-11)35(32,33)27-21(30)25-13-3-4-18(15(23)9-13)28-20(29)14-8-12-6-7-24-16(12)10-17(14)26-22(28)31/h2-5,8-10,24H,6-7H2,1H3,(H,26,31)(H2,25,27,30). The number of fused-ring (bicyclic) bond motifs is 2. The van der Waals surface area contributed by atoms with Crippen molar-refractivity contribution >= 4 is 49.7 Å². The summed E-state index contributed by atoms with van der Waals surface area (Å²) in [7, 11) is -4.09. The number of carbonyl (C=O) groups is 1. The summed E-state index contributed by atoms with van der Waals surface area (Å²) in [5.74, 6) is -0.964. The summed E-state index contributed by atoms with van der Waals surface area (Å²) in [6, 6.07) is 8.53. The van der Waals surface area contributed by atoms with Gasteiger partial charge in [0.1, 0.15) is 10.0 Å². The van der Waals surface area contributed by atoms with Crippen LogP contribution in [0.2, 0.25) is 0 Å². The number of thiophene rings is 1. The van der Waals surface area contributed by atoms with Crippen LogP contribution in [0, 0.1) is 12.7 Å². The van der Waals surface area contributed by atoms with E-state index >= 15 is 0 Å². The van der Waals surface area contributed by atoms with E-state index in [0.717, 1.165) is 52.6 Å². The third kappa shape index (κ3) is 4.19. The predicted molar refractivity (Wildman–Crippen MR) is 131 cm³/mol. The second-order valence-corrected chi connectivity index (χ2v) is 11.1. The molecular formula is C22H18FN5O5S2. The zero-order valence-electron chi connectivity index (χ0n) is 18.1. The maximum Gasteiger partial charge on any atom is 0.333 e. The van der Waals surface area contributed by atoms with Crippen LogP contribution in [-0.4, -0.2) is 30.5 Å². The van der Waals surface area contributed by atoms with Gasteiger partial charge >= 0.3 is 11.7 Å². The number of benzene rings is 2. The summed E-state index contributed by atoms with van der Waals surface area (Å²) < 4.78 is 42.0. The van der Waals surface area contributed by atoms with Crippen molar-refractivity contribution < 1.29 is 17.6 Å². The Morgan fingerprint density at radius 1 is 1.14 bits per heavy atom. The Morgan fingerprint density at radius 2 is 1.94 bits per heavy atom. The molecule has 0 fully saturated rings. The summed E-state index contributed by atoms with van der Waals surface area (Å²) in [4.78, 5) is 41.2. The van der Waals surface area contributed by atoms with Crippen molar-refractivity contribution in [3.05, 3.63) is 79.6 Å². The number of H-pyrrole nitrogens is 1. The number of carbonyl (C=O) groups excluding carboxylic acids is 1. The highest BCUT2D eigenvalue weighted by Gasteiger charge is 2.21. The summed E-state index contributed by atoms with van der Waals surface area (Å²) in [5, 5.41) is 5.64. The van der Waals surface area contributed by atoms with Crippen molar-refractivity contribution in [3.8, 4) is 5.69 Å². The first-order valence-corrected chi connectivity index (χ1v) is 12.7. The molecule has 1 aliphatic heterocycles. The molecule has 0 spiro atoms. The molecule has 4 aromatic rings. The SMILES string of the molecule is Cc1ccc(S(=O)(=O)NC(=O)Nc2ccc(-n3c(=O)[nH]c4cc5c(cc4c3=O)CCN5)c(F)c2)s1. The number of hydrogen-bond donors (Lipinski definition) is 4. The first kappa shape index (κ1) is 22.8. The number of hydrogen-bond acceptors (Lipinski definition) is 7. The topological polar surface area (TPSA) is 142 Å². The van der Waals surface area contributed by atoms with Gasteiger partial charge in [-0.3, -0.25) is 4.79 Å². The quantitative estimate of drug-likeness (QED) is 0.329. The average molecular weight is 516 g/mol. The molecule has 2 amide bonds. The van der Waals surface area contributed by atoms with E-state index in [-0.39, 0.29) is 21.0 Å². The van der Waals surface area contributed by atoms with Crippen LogP contribution in [0.25, 0.3) is 16.6 Å². The zero-order valence-corrected chi connectivity index (χ0v) is 19.8. The fraction of sp³-hybridized carbons (Fsp3) is 0.136. The van der Waals surface area contributed by atoms with Crippen LogP contribution in [0.3, 0.4) is 0 Å². The van der Waals surface area contributed by atoms with Crippen molar-refractivity contribution in [3.63, 3.8) is 0 Å². The summed E-state index contributed by atoms with van der Waals surface area (Å²) >= 11 is 0.996. The number of anilines is 2. The van der Waals surface area contributed by atoms with Crippen LogP contribution in [0.1, 0.15) is 10.4 Å². The molecule has 10 nitrogen and oxygen atoms in total. The molecule has 1 aliphatic rings. The molecule has 0 bridgehead atoms.